The number of fused-ring (bicyclic) bond motifs is 1. The highest BCUT2D eigenvalue weighted by molar-refractivity contribution is 5.98. The van der Waals surface area contributed by atoms with Crippen LogP contribution < -0.4 is 5.73 Å². The third-order valence-corrected chi connectivity index (χ3v) is 5.11. The van der Waals surface area contributed by atoms with Crippen molar-refractivity contribution in [3.8, 4) is 0 Å². The maximum absolute atomic E-state index is 13.2. The summed E-state index contributed by atoms with van der Waals surface area (Å²) >= 11 is 0. The fraction of sp³-hybridized carbons (Fsp3) is 0.286. The minimum Gasteiger partial charge on any atom is -0.366 e. The van der Waals surface area contributed by atoms with Crippen LogP contribution in [0.15, 0.2) is 48.7 Å². The molecule has 3 aromatic rings. The summed E-state index contributed by atoms with van der Waals surface area (Å²) in [7, 11) is 0. The quantitative estimate of drug-likeness (QED) is 0.765. The first-order valence-electron chi connectivity index (χ1n) is 8.98. The number of hydrogen-bond acceptors (Lipinski definition) is 2. The highest BCUT2D eigenvalue weighted by atomic mass is 19.1. The summed E-state index contributed by atoms with van der Waals surface area (Å²) < 4.78 is 15.3. The average molecular weight is 351 g/mol. The summed E-state index contributed by atoms with van der Waals surface area (Å²) in [6.45, 7) is 3.75. The first-order valence-corrected chi connectivity index (χ1v) is 8.98. The van der Waals surface area contributed by atoms with Gasteiger partial charge in [0.1, 0.15) is 5.82 Å². The SMILES string of the molecule is NC(=O)c1ccc2c(c1)c(CN1CCCC1)cn2Cc1ccc(F)cc1. The zero-order valence-corrected chi connectivity index (χ0v) is 14.6. The van der Waals surface area contributed by atoms with Crippen LogP contribution in [0.25, 0.3) is 10.9 Å². The molecule has 134 valence electrons. The molecule has 1 saturated heterocycles. The lowest BCUT2D eigenvalue weighted by Crippen LogP contribution is -2.18. The Labute approximate surface area is 152 Å². The molecule has 2 N–H and O–H groups in total. The molecule has 0 unspecified atom stereocenters. The normalized spacial score (nSPS) is 15.0. The number of benzene rings is 2. The van der Waals surface area contributed by atoms with E-state index in [1.54, 1.807) is 18.2 Å². The highest BCUT2D eigenvalue weighted by Crippen LogP contribution is 2.26. The van der Waals surface area contributed by atoms with Crippen LogP contribution in [0.1, 0.15) is 34.3 Å². The zero-order chi connectivity index (χ0) is 18.1. The number of rotatable bonds is 5. The van der Waals surface area contributed by atoms with Crippen LogP contribution in [0, 0.1) is 5.82 Å². The molecular weight excluding hydrogens is 329 g/mol. The molecule has 0 aliphatic carbocycles. The maximum atomic E-state index is 13.2. The van der Waals surface area contributed by atoms with E-state index in [4.69, 9.17) is 5.73 Å². The van der Waals surface area contributed by atoms with Crippen molar-refractivity contribution in [2.24, 2.45) is 5.73 Å². The van der Waals surface area contributed by atoms with Gasteiger partial charge in [-0.2, -0.15) is 0 Å². The summed E-state index contributed by atoms with van der Waals surface area (Å²) in [6, 6.07) is 12.2. The molecule has 1 aliphatic rings. The van der Waals surface area contributed by atoms with Crippen molar-refractivity contribution in [2.75, 3.05) is 13.1 Å². The largest absolute Gasteiger partial charge is 0.366 e. The summed E-state index contributed by atoms with van der Waals surface area (Å²) in [4.78, 5) is 14.0. The van der Waals surface area contributed by atoms with E-state index in [-0.39, 0.29) is 5.82 Å². The number of carbonyl (C=O) groups excluding carboxylic acids is 1. The van der Waals surface area contributed by atoms with Crippen molar-refractivity contribution in [3.63, 3.8) is 0 Å². The molecule has 0 radical (unpaired) electrons. The van der Waals surface area contributed by atoms with Crippen molar-refractivity contribution < 1.29 is 9.18 Å². The van der Waals surface area contributed by atoms with E-state index in [0.717, 1.165) is 36.1 Å². The number of aromatic nitrogens is 1. The minimum atomic E-state index is -0.412. The van der Waals surface area contributed by atoms with Gasteiger partial charge < -0.3 is 10.3 Å². The van der Waals surface area contributed by atoms with Crippen LogP contribution in [0.4, 0.5) is 4.39 Å². The van der Waals surface area contributed by atoms with Crippen molar-refractivity contribution >= 4 is 16.8 Å². The molecule has 2 aromatic carbocycles. The number of amides is 1. The predicted molar refractivity (Wildman–Crippen MR) is 100 cm³/mol. The number of likely N-dealkylation sites (tertiary alicyclic amines) is 1. The van der Waals surface area contributed by atoms with E-state index in [1.165, 1.54) is 30.5 Å². The lowest BCUT2D eigenvalue weighted by molar-refractivity contribution is 0.100. The summed E-state index contributed by atoms with van der Waals surface area (Å²) in [5.74, 6) is -0.641. The third-order valence-electron chi connectivity index (χ3n) is 5.11. The van der Waals surface area contributed by atoms with E-state index >= 15 is 0 Å². The molecule has 0 bridgehead atoms. The lowest BCUT2D eigenvalue weighted by Gasteiger charge is -2.13. The van der Waals surface area contributed by atoms with Gasteiger partial charge in [-0.1, -0.05) is 12.1 Å². The van der Waals surface area contributed by atoms with Crippen molar-refractivity contribution in [1.29, 1.82) is 0 Å². The van der Waals surface area contributed by atoms with Gasteiger partial charge >= 0.3 is 0 Å². The molecule has 4 rings (SSSR count). The van der Waals surface area contributed by atoms with Gasteiger partial charge in [0.05, 0.1) is 0 Å². The number of carbonyl (C=O) groups is 1. The summed E-state index contributed by atoms with van der Waals surface area (Å²) in [5.41, 5.74) is 9.30. The maximum Gasteiger partial charge on any atom is 0.248 e. The number of nitrogens with zero attached hydrogens (tertiary/aromatic N) is 2. The number of primary amides is 1. The number of hydrogen-bond donors (Lipinski definition) is 1. The Morgan fingerprint density at radius 1 is 1.04 bits per heavy atom. The molecule has 0 spiro atoms. The Kier molecular flexibility index (Phi) is 4.47. The van der Waals surface area contributed by atoms with Crippen LogP contribution >= 0.6 is 0 Å². The van der Waals surface area contributed by atoms with Crippen molar-refractivity contribution in [3.05, 3.63) is 71.2 Å². The van der Waals surface area contributed by atoms with E-state index in [9.17, 15) is 9.18 Å². The topological polar surface area (TPSA) is 51.3 Å². The molecule has 2 heterocycles. The van der Waals surface area contributed by atoms with Crippen LogP contribution in [0.3, 0.4) is 0 Å². The summed E-state index contributed by atoms with van der Waals surface area (Å²) in [5, 5.41) is 1.07. The summed E-state index contributed by atoms with van der Waals surface area (Å²) in [6.07, 6.45) is 4.62. The Hall–Kier alpha value is -2.66. The Bertz CT molecular complexity index is 940. The van der Waals surface area contributed by atoms with Crippen LogP contribution in [-0.2, 0) is 13.1 Å². The van der Waals surface area contributed by atoms with E-state index in [0.29, 0.717) is 12.1 Å². The second kappa shape index (κ2) is 6.92. The molecule has 0 saturated carbocycles. The molecule has 4 nitrogen and oxygen atoms in total. The van der Waals surface area contributed by atoms with Gasteiger partial charge in [0, 0.05) is 35.8 Å². The van der Waals surface area contributed by atoms with Gasteiger partial charge in [-0.15, -0.1) is 0 Å². The highest BCUT2D eigenvalue weighted by Gasteiger charge is 2.17. The molecule has 1 aromatic heterocycles. The first-order chi connectivity index (χ1) is 12.6. The molecule has 1 amide bonds. The third kappa shape index (κ3) is 3.35. The molecule has 26 heavy (non-hydrogen) atoms. The smallest absolute Gasteiger partial charge is 0.248 e. The first kappa shape index (κ1) is 16.8. The van der Waals surface area contributed by atoms with Crippen molar-refractivity contribution in [1.82, 2.24) is 9.47 Å². The van der Waals surface area contributed by atoms with Gasteiger partial charge in [-0.05, 0) is 67.4 Å². The van der Waals surface area contributed by atoms with Crippen LogP contribution in [0.2, 0.25) is 0 Å². The Morgan fingerprint density at radius 3 is 2.46 bits per heavy atom. The van der Waals surface area contributed by atoms with Crippen LogP contribution in [-0.4, -0.2) is 28.5 Å². The van der Waals surface area contributed by atoms with Gasteiger partial charge in [-0.25, -0.2) is 4.39 Å². The average Bonchev–Trinajstić information content (AvgIpc) is 3.26. The number of halogens is 1. The Morgan fingerprint density at radius 2 is 1.77 bits per heavy atom. The van der Waals surface area contributed by atoms with Gasteiger partial charge in [-0.3, -0.25) is 9.69 Å². The Balaban J connectivity index is 1.73. The molecule has 0 atom stereocenters. The fourth-order valence-electron chi connectivity index (χ4n) is 3.75. The number of nitrogens with two attached hydrogens (primary N) is 1. The molecule has 1 aliphatic heterocycles. The molecule has 5 heteroatoms. The second-order valence-corrected chi connectivity index (χ2v) is 6.99. The fourth-order valence-corrected chi connectivity index (χ4v) is 3.75. The van der Waals surface area contributed by atoms with Gasteiger partial charge in [0.25, 0.3) is 0 Å². The zero-order valence-electron chi connectivity index (χ0n) is 14.6. The molecular formula is C21H22FN3O. The monoisotopic (exact) mass is 351 g/mol. The van der Waals surface area contributed by atoms with Gasteiger partial charge in [0.15, 0.2) is 0 Å². The minimum absolute atomic E-state index is 0.230. The molecule has 1 fully saturated rings. The van der Waals surface area contributed by atoms with Gasteiger partial charge in [0.2, 0.25) is 5.91 Å². The second-order valence-electron chi connectivity index (χ2n) is 6.99. The van der Waals surface area contributed by atoms with E-state index in [2.05, 4.69) is 15.7 Å². The van der Waals surface area contributed by atoms with Crippen molar-refractivity contribution in [2.45, 2.75) is 25.9 Å². The van der Waals surface area contributed by atoms with E-state index < -0.39 is 5.91 Å². The lowest BCUT2D eigenvalue weighted by atomic mass is 10.1. The standard InChI is InChI=1S/C21H22FN3O/c22-18-6-3-15(4-7-18)12-25-14-17(13-24-9-1-2-10-24)19-11-16(21(23)26)5-8-20(19)25/h3-8,11,14H,1-2,9-10,12-13H2,(H2,23,26). The predicted octanol–water partition coefficient (Wildman–Crippen LogP) is 3.52. The van der Waals surface area contributed by atoms with E-state index in [1.807, 2.05) is 12.1 Å². The van der Waals surface area contributed by atoms with Crippen LogP contribution in [0.5, 0.6) is 0 Å².